The van der Waals surface area contributed by atoms with Crippen LogP contribution in [0.3, 0.4) is 0 Å². The lowest BCUT2D eigenvalue weighted by molar-refractivity contribution is 0.0144. The van der Waals surface area contributed by atoms with Crippen molar-refractivity contribution in [3.63, 3.8) is 0 Å². The van der Waals surface area contributed by atoms with Crippen LogP contribution in [0.15, 0.2) is 35.2 Å². The molecule has 8 nitrogen and oxygen atoms in total. The molecule has 1 saturated heterocycles. The van der Waals surface area contributed by atoms with Crippen LogP contribution in [0, 0.1) is 6.92 Å². The predicted molar refractivity (Wildman–Crippen MR) is 87.8 cm³/mol. The van der Waals surface area contributed by atoms with E-state index in [-0.39, 0.29) is 6.04 Å². The third-order valence-corrected chi connectivity index (χ3v) is 4.21. The summed E-state index contributed by atoms with van der Waals surface area (Å²) in [6, 6.07) is 6.05. The summed E-state index contributed by atoms with van der Waals surface area (Å²) in [6.45, 7) is 5.93. The molecular formula is C16H20N6O2. The van der Waals surface area contributed by atoms with E-state index in [0.29, 0.717) is 12.3 Å². The van der Waals surface area contributed by atoms with E-state index in [1.807, 2.05) is 25.1 Å². The highest BCUT2D eigenvalue weighted by Crippen LogP contribution is 2.23. The van der Waals surface area contributed by atoms with Crippen LogP contribution in [0.2, 0.25) is 0 Å². The summed E-state index contributed by atoms with van der Waals surface area (Å²) in [4.78, 5) is 10.9. The van der Waals surface area contributed by atoms with E-state index in [0.717, 1.165) is 43.6 Å². The van der Waals surface area contributed by atoms with Gasteiger partial charge in [0.25, 0.3) is 5.78 Å². The molecule has 0 aromatic carbocycles. The molecule has 0 spiro atoms. The molecule has 1 N–H and O–H groups in total. The Kier molecular flexibility index (Phi) is 4.14. The van der Waals surface area contributed by atoms with E-state index in [4.69, 9.17) is 9.15 Å². The Balaban J connectivity index is 1.57. The summed E-state index contributed by atoms with van der Waals surface area (Å²) in [5, 5.41) is 7.71. The van der Waals surface area contributed by atoms with Gasteiger partial charge < -0.3 is 14.5 Å². The lowest BCUT2D eigenvalue weighted by Crippen LogP contribution is -2.41. The van der Waals surface area contributed by atoms with Crippen LogP contribution < -0.4 is 5.32 Å². The van der Waals surface area contributed by atoms with Gasteiger partial charge in [0.1, 0.15) is 17.9 Å². The van der Waals surface area contributed by atoms with Crippen molar-refractivity contribution in [2.75, 3.05) is 38.2 Å². The fourth-order valence-electron chi connectivity index (χ4n) is 3.04. The van der Waals surface area contributed by atoms with Crippen LogP contribution in [0.4, 0.5) is 5.82 Å². The van der Waals surface area contributed by atoms with Crippen molar-refractivity contribution in [3.8, 4) is 0 Å². The van der Waals surface area contributed by atoms with E-state index < -0.39 is 0 Å². The Bertz CT molecular complexity index is 794. The molecule has 1 aliphatic rings. The first-order chi connectivity index (χ1) is 11.8. The number of hydrogen-bond acceptors (Lipinski definition) is 7. The summed E-state index contributed by atoms with van der Waals surface area (Å²) in [7, 11) is 0. The zero-order valence-electron chi connectivity index (χ0n) is 13.6. The maximum absolute atomic E-state index is 5.66. The summed E-state index contributed by atoms with van der Waals surface area (Å²) in [6.07, 6.45) is 3.23. The summed E-state index contributed by atoms with van der Waals surface area (Å²) in [5.74, 6) is 2.42. The lowest BCUT2D eigenvalue weighted by Gasteiger charge is -2.33. The van der Waals surface area contributed by atoms with E-state index in [1.165, 1.54) is 6.33 Å². The fraction of sp³-hybridized carbons (Fsp3) is 0.438. The zero-order valence-corrected chi connectivity index (χ0v) is 13.6. The second kappa shape index (κ2) is 6.58. The number of hydrogen-bond donors (Lipinski definition) is 1. The van der Waals surface area contributed by atoms with Crippen LogP contribution in [0.5, 0.6) is 0 Å². The Labute approximate surface area is 139 Å². The van der Waals surface area contributed by atoms with Crippen molar-refractivity contribution in [2.24, 2.45) is 0 Å². The van der Waals surface area contributed by atoms with Crippen LogP contribution in [0.25, 0.3) is 5.78 Å². The minimum absolute atomic E-state index is 0.135. The fourth-order valence-corrected chi connectivity index (χ4v) is 3.04. The second-order valence-corrected chi connectivity index (χ2v) is 5.82. The van der Waals surface area contributed by atoms with Gasteiger partial charge in [-0.2, -0.15) is 14.6 Å². The van der Waals surface area contributed by atoms with Gasteiger partial charge in [-0.15, -0.1) is 0 Å². The van der Waals surface area contributed by atoms with Crippen LogP contribution >= 0.6 is 0 Å². The average molecular weight is 328 g/mol. The molecule has 0 saturated carbocycles. The van der Waals surface area contributed by atoms with Crippen molar-refractivity contribution in [3.05, 3.63) is 42.2 Å². The molecule has 1 aliphatic heterocycles. The van der Waals surface area contributed by atoms with Crippen LogP contribution in [-0.2, 0) is 4.74 Å². The van der Waals surface area contributed by atoms with Gasteiger partial charge >= 0.3 is 0 Å². The zero-order chi connectivity index (χ0) is 16.4. The number of nitrogens with one attached hydrogen (secondary N) is 1. The van der Waals surface area contributed by atoms with Gasteiger partial charge in [0.15, 0.2) is 0 Å². The molecule has 4 heterocycles. The largest absolute Gasteiger partial charge is 0.468 e. The normalized spacial score (nSPS) is 17.2. The third kappa shape index (κ3) is 2.98. The van der Waals surface area contributed by atoms with Crippen LogP contribution in [0.1, 0.15) is 17.5 Å². The van der Waals surface area contributed by atoms with Crippen molar-refractivity contribution in [2.45, 2.75) is 13.0 Å². The van der Waals surface area contributed by atoms with E-state index in [2.05, 4.69) is 25.3 Å². The molecule has 1 atom stereocenters. The predicted octanol–water partition coefficient (Wildman–Crippen LogP) is 1.51. The van der Waals surface area contributed by atoms with E-state index in [9.17, 15) is 0 Å². The third-order valence-electron chi connectivity index (χ3n) is 4.21. The molecule has 1 unspecified atom stereocenters. The molecule has 1 fully saturated rings. The molecule has 0 amide bonds. The SMILES string of the molecule is Cc1cc(NCC(c2ccco2)N2CCOCC2)n2ncnc2n1. The highest BCUT2D eigenvalue weighted by molar-refractivity contribution is 5.44. The number of aromatic nitrogens is 4. The number of anilines is 1. The summed E-state index contributed by atoms with van der Waals surface area (Å²) >= 11 is 0. The van der Waals surface area contributed by atoms with Gasteiger partial charge in [0.2, 0.25) is 0 Å². The molecule has 4 rings (SSSR count). The molecule has 3 aromatic rings. The first-order valence-electron chi connectivity index (χ1n) is 8.08. The molecule has 0 radical (unpaired) electrons. The van der Waals surface area contributed by atoms with Crippen molar-refractivity contribution in [1.29, 1.82) is 0 Å². The maximum atomic E-state index is 5.66. The molecule has 0 bridgehead atoms. The Hall–Kier alpha value is -2.45. The minimum atomic E-state index is 0.135. The Morgan fingerprint density at radius 1 is 1.33 bits per heavy atom. The van der Waals surface area contributed by atoms with Crippen molar-refractivity contribution < 1.29 is 9.15 Å². The first kappa shape index (κ1) is 15.1. The Morgan fingerprint density at radius 2 is 2.21 bits per heavy atom. The number of rotatable bonds is 5. The first-order valence-corrected chi connectivity index (χ1v) is 8.08. The van der Waals surface area contributed by atoms with E-state index >= 15 is 0 Å². The number of ether oxygens (including phenoxy) is 1. The molecule has 0 aliphatic carbocycles. The lowest BCUT2D eigenvalue weighted by atomic mass is 10.1. The number of nitrogens with zero attached hydrogens (tertiary/aromatic N) is 5. The summed E-state index contributed by atoms with van der Waals surface area (Å²) in [5.41, 5.74) is 0.902. The van der Waals surface area contributed by atoms with Crippen LogP contribution in [-0.4, -0.2) is 57.3 Å². The molecule has 24 heavy (non-hydrogen) atoms. The molecule has 126 valence electrons. The molecule has 8 heteroatoms. The van der Waals surface area contributed by atoms with Gasteiger partial charge in [-0.25, -0.2) is 4.98 Å². The number of fused-ring (bicyclic) bond motifs is 1. The standard InChI is InChI=1S/C16H20N6O2/c1-12-9-15(22-16(20-12)18-11-19-22)17-10-13(14-3-2-6-24-14)21-4-7-23-8-5-21/h2-3,6,9,11,13,17H,4-5,7-8,10H2,1H3. The highest BCUT2D eigenvalue weighted by Gasteiger charge is 2.25. The highest BCUT2D eigenvalue weighted by atomic mass is 16.5. The molecular weight excluding hydrogens is 308 g/mol. The van der Waals surface area contributed by atoms with Gasteiger partial charge in [0, 0.05) is 31.4 Å². The van der Waals surface area contributed by atoms with Gasteiger partial charge in [-0.3, -0.25) is 4.90 Å². The number of morpholine rings is 1. The Morgan fingerprint density at radius 3 is 3.00 bits per heavy atom. The average Bonchev–Trinajstić information content (AvgIpc) is 3.27. The maximum Gasteiger partial charge on any atom is 0.254 e. The van der Waals surface area contributed by atoms with E-state index in [1.54, 1.807) is 10.8 Å². The smallest absolute Gasteiger partial charge is 0.254 e. The van der Waals surface area contributed by atoms with Gasteiger partial charge in [0.05, 0.1) is 25.5 Å². The summed E-state index contributed by atoms with van der Waals surface area (Å²) < 4.78 is 12.8. The quantitative estimate of drug-likeness (QED) is 0.760. The van der Waals surface area contributed by atoms with Gasteiger partial charge in [-0.1, -0.05) is 0 Å². The number of furan rings is 1. The second-order valence-electron chi connectivity index (χ2n) is 5.82. The van der Waals surface area contributed by atoms with Crippen molar-refractivity contribution in [1.82, 2.24) is 24.5 Å². The van der Waals surface area contributed by atoms with Gasteiger partial charge in [-0.05, 0) is 19.1 Å². The van der Waals surface area contributed by atoms with Crippen molar-refractivity contribution >= 4 is 11.6 Å². The monoisotopic (exact) mass is 328 g/mol. The number of aryl methyl sites for hydroxylation is 1. The topological polar surface area (TPSA) is 80.7 Å². The molecule has 3 aromatic heterocycles. The minimum Gasteiger partial charge on any atom is -0.468 e.